The van der Waals surface area contributed by atoms with Gasteiger partial charge in [0.05, 0.1) is 5.92 Å². The average molecular weight is 284 g/mol. The quantitative estimate of drug-likeness (QED) is 0.827. The van der Waals surface area contributed by atoms with Crippen molar-refractivity contribution in [2.75, 3.05) is 5.33 Å². The van der Waals surface area contributed by atoms with Crippen LogP contribution in [0.1, 0.15) is 31.7 Å². The van der Waals surface area contributed by atoms with E-state index >= 15 is 0 Å². The van der Waals surface area contributed by atoms with E-state index in [0.717, 1.165) is 17.3 Å². The van der Waals surface area contributed by atoms with Crippen LogP contribution in [0.3, 0.4) is 0 Å². The summed E-state index contributed by atoms with van der Waals surface area (Å²) < 4.78 is 0. The Morgan fingerprint density at radius 2 is 1.94 bits per heavy atom. The molecule has 2 unspecified atom stereocenters. The van der Waals surface area contributed by atoms with E-state index in [1.165, 1.54) is 0 Å². The second-order valence-corrected chi connectivity index (χ2v) is 4.81. The number of halogens is 1. The molecule has 0 spiro atoms. The van der Waals surface area contributed by atoms with Gasteiger partial charge in [0.15, 0.2) is 0 Å². The molecule has 0 aliphatic carbocycles. The largest absolute Gasteiger partial charge is 0.353 e. The number of rotatable bonds is 5. The molecule has 0 aliphatic rings. The van der Waals surface area contributed by atoms with Crippen LogP contribution in [0.15, 0.2) is 30.3 Å². The minimum atomic E-state index is -0.0843. The van der Waals surface area contributed by atoms with Crippen molar-refractivity contribution in [3.8, 4) is 0 Å². The van der Waals surface area contributed by atoms with Gasteiger partial charge in [-0.3, -0.25) is 4.79 Å². The fourth-order valence-corrected chi connectivity index (χ4v) is 2.18. The predicted molar refractivity (Wildman–Crippen MR) is 70.9 cm³/mol. The Kier molecular flexibility index (Phi) is 5.53. The van der Waals surface area contributed by atoms with Gasteiger partial charge in [0.2, 0.25) is 5.91 Å². The number of nitrogens with one attached hydrogen (secondary N) is 1. The number of carbonyl (C=O) groups is 1. The summed E-state index contributed by atoms with van der Waals surface area (Å²) in [5.74, 6) is 0.0126. The van der Waals surface area contributed by atoms with Crippen LogP contribution >= 0.6 is 15.9 Å². The Hall–Kier alpha value is -0.830. The number of benzene rings is 1. The zero-order chi connectivity index (χ0) is 12.0. The summed E-state index contributed by atoms with van der Waals surface area (Å²) in [6, 6.07) is 10.1. The summed E-state index contributed by atoms with van der Waals surface area (Å²) in [5.41, 5.74) is 1.06. The summed E-state index contributed by atoms with van der Waals surface area (Å²) in [5, 5.41) is 3.92. The third-order valence-corrected chi connectivity index (χ3v) is 3.08. The van der Waals surface area contributed by atoms with Crippen LogP contribution in [0.2, 0.25) is 0 Å². The van der Waals surface area contributed by atoms with Crippen molar-refractivity contribution in [3.05, 3.63) is 35.9 Å². The van der Waals surface area contributed by atoms with Crippen LogP contribution in [-0.4, -0.2) is 17.3 Å². The van der Waals surface area contributed by atoms with E-state index in [0.29, 0.717) is 0 Å². The molecule has 3 heteroatoms. The van der Waals surface area contributed by atoms with E-state index < -0.39 is 0 Å². The van der Waals surface area contributed by atoms with Crippen molar-refractivity contribution in [3.63, 3.8) is 0 Å². The first-order valence-corrected chi connectivity index (χ1v) is 6.68. The number of amides is 1. The van der Waals surface area contributed by atoms with E-state index in [4.69, 9.17) is 0 Å². The van der Waals surface area contributed by atoms with Gasteiger partial charge >= 0.3 is 0 Å². The maximum Gasteiger partial charge on any atom is 0.227 e. The van der Waals surface area contributed by atoms with Gasteiger partial charge in [0, 0.05) is 11.4 Å². The molecule has 0 saturated carbocycles. The molecule has 1 rings (SSSR count). The van der Waals surface area contributed by atoms with Crippen LogP contribution in [0.4, 0.5) is 0 Å². The number of hydrogen-bond acceptors (Lipinski definition) is 1. The lowest BCUT2D eigenvalue weighted by molar-refractivity contribution is -0.122. The Morgan fingerprint density at radius 3 is 2.50 bits per heavy atom. The van der Waals surface area contributed by atoms with Crippen LogP contribution in [0, 0.1) is 0 Å². The monoisotopic (exact) mass is 283 g/mol. The fourth-order valence-electron chi connectivity index (χ4n) is 1.50. The Bertz CT molecular complexity index is 326. The maximum atomic E-state index is 11.9. The number of carbonyl (C=O) groups excluding carboxylic acids is 1. The summed E-state index contributed by atoms with van der Waals surface area (Å²) in [6.07, 6.45) is 0.952. The van der Waals surface area contributed by atoms with Crippen molar-refractivity contribution in [2.45, 2.75) is 32.2 Å². The Morgan fingerprint density at radius 1 is 1.31 bits per heavy atom. The van der Waals surface area contributed by atoms with Gasteiger partial charge < -0.3 is 5.32 Å². The van der Waals surface area contributed by atoms with Gasteiger partial charge in [-0.2, -0.15) is 0 Å². The van der Waals surface area contributed by atoms with E-state index in [9.17, 15) is 4.79 Å². The molecule has 0 heterocycles. The highest BCUT2D eigenvalue weighted by Gasteiger charge is 2.16. The smallest absolute Gasteiger partial charge is 0.227 e. The van der Waals surface area contributed by atoms with Gasteiger partial charge in [-0.05, 0) is 25.8 Å². The lowest BCUT2D eigenvalue weighted by atomic mass is 10.00. The van der Waals surface area contributed by atoms with Gasteiger partial charge in [0.1, 0.15) is 0 Å². The first-order valence-electron chi connectivity index (χ1n) is 5.56. The molecule has 2 atom stereocenters. The minimum Gasteiger partial charge on any atom is -0.353 e. The summed E-state index contributed by atoms with van der Waals surface area (Å²) in [4.78, 5) is 11.9. The number of alkyl halides is 1. The molecule has 2 nitrogen and oxygen atoms in total. The third kappa shape index (κ3) is 3.97. The zero-order valence-electron chi connectivity index (χ0n) is 9.74. The lowest BCUT2D eigenvalue weighted by Crippen LogP contribution is -2.35. The van der Waals surface area contributed by atoms with Crippen LogP contribution in [0.5, 0.6) is 0 Å². The third-order valence-electron chi connectivity index (χ3n) is 2.62. The molecule has 88 valence electrons. The molecular formula is C13H18BrNO. The highest BCUT2D eigenvalue weighted by atomic mass is 79.9. The molecule has 0 fully saturated rings. The summed E-state index contributed by atoms with van der Waals surface area (Å²) in [6.45, 7) is 3.96. The molecule has 1 aromatic rings. The molecule has 0 aromatic heterocycles. The fraction of sp³-hybridized carbons (Fsp3) is 0.462. The van der Waals surface area contributed by atoms with Gasteiger partial charge in [-0.15, -0.1) is 0 Å². The minimum absolute atomic E-state index is 0.0843. The average Bonchev–Trinajstić information content (AvgIpc) is 2.29. The van der Waals surface area contributed by atoms with Gasteiger partial charge in [-0.25, -0.2) is 0 Å². The van der Waals surface area contributed by atoms with E-state index in [-0.39, 0.29) is 17.9 Å². The first-order chi connectivity index (χ1) is 7.65. The molecule has 1 N–H and O–H groups in total. The molecule has 0 radical (unpaired) electrons. The van der Waals surface area contributed by atoms with Crippen molar-refractivity contribution in [2.24, 2.45) is 0 Å². The second-order valence-electron chi connectivity index (χ2n) is 4.02. The standard InChI is InChI=1S/C13H18BrNO/c1-10(8-9-14)15-13(16)11(2)12-6-4-3-5-7-12/h3-7,10-11H,8-9H2,1-2H3,(H,15,16). The number of hydrogen-bond donors (Lipinski definition) is 1. The van der Waals surface area contributed by atoms with Crippen molar-refractivity contribution in [1.82, 2.24) is 5.32 Å². The van der Waals surface area contributed by atoms with E-state index in [1.807, 2.05) is 44.2 Å². The van der Waals surface area contributed by atoms with Crippen LogP contribution < -0.4 is 5.32 Å². The Labute approximate surface area is 106 Å². The second kappa shape index (κ2) is 6.69. The van der Waals surface area contributed by atoms with E-state index in [2.05, 4.69) is 21.2 Å². The topological polar surface area (TPSA) is 29.1 Å². The van der Waals surface area contributed by atoms with Gasteiger partial charge in [0.25, 0.3) is 0 Å². The molecule has 0 saturated heterocycles. The van der Waals surface area contributed by atoms with Crippen LogP contribution in [-0.2, 0) is 4.79 Å². The maximum absolute atomic E-state index is 11.9. The normalized spacial score (nSPS) is 14.2. The molecule has 1 aromatic carbocycles. The van der Waals surface area contributed by atoms with Crippen LogP contribution in [0.25, 0.3) is 0 Å². The SMILES string of the molecule is CC(CCBr)NC(=O)C(C)c1ccccc1. The summed E-state index contributed by atoms with van der Waals surface area (Å²) >= 11 is 3.37. The first kappa shape index (κ1) is 13.2. The molecular weight excluding hydrogens is 266 g/mol. The van der Waals surface area contributed by atoms with Gasteiger partial charge in [-0.1, -0.05) is 46.3 Å². The molecule has 16 heavy (non-hydrogen) atoms. The van der Waals surface area contributed by atoms with Crippen molar-refractivity contribution >= 4 is 21.8 Å². The van der Waals surface area contributed by atoms with Crippen molar-refractivity contribution < 1.29 is 4.79 Å². The van der Waals surface area contributed by atoms with Crippen molar-refractivity contribution in [1.29, 1.82) is 0 Å². The predicted octanol–water partition coefficient (Wildman–Crippen LogP) is 3.08. The highest BCUT2D eigenvalue weighted by Crippen LogP contribution is 2.14. The lowest BCUT2D eigenvalue weighted by Gasteiger charge is -2.17. The highest BCUT2D eigenvalue weighted by molar-refractivity contribution is 9.09. The molecule has 0 bridgehead atoms. The van der Waals surface area contributed by atoms with E-state index in [1.54, 1.807) is 0 Å². The zero-order valence-corrected chi connectivity index (χ0v) is 11.3. The Balaban J connectivity index is 2.55. The molecule has 0 aliphatic heterocycles. The molecule has 1 amide bonds. The summed E-state index contributed by atoms with van der Waals surface area (Å²) in [7, 11) is 0.